The first-order chi connectivity index (χ1) is 7.29. The predicted octanol–water partition coefficient (Wildman–Crippen LogP) is 1.82. The van der Waals surface area contributed by atoms with Gasteiger partial charge in [0.1, 0.15) is 17.4 Å². The van der Waals surface area contributed by atoms with E-state index in [1.165, 1.54) is 6.07 Å². The first-order valence-corrected chi connectivity index (χ1v) is 3.88. The second-order valence-corrected chi connectivity index (χ2v) is 2.82. The number of halogens is 4. The molecule has 84 valence electrons. The monoisotopic (exact) mass is 232 g/mol. The van der Waals surface area contributed by atoms with Crippen LogP contribution in [0.5, 0.6) is 0 Å². The number of carbonyl (C=O) groups excluding carboxylic acids is 1. The zero-order chi connectivity index (χ0) is 12.5. The van der Waals surface area contributed by atoms with E-state index in [4.69, 9.17) is 11.0 Å². The molecule has 0 spiro atoms. The zero-order valence-corrected chi connectivity index (χ0v) is 7.60. The summed E-state index contributed by atoms with van der Waals surface area (Å²) in [6, 6.07) is 2.02. The Labute approximate surface area is 87.1 Å². The van der Waals surface area contributed by atoms with Crippen LogP contribution >= 0.6 is 0 Å². The van der Waals surface area contributed by atoms with Crippen LogP contribution in [-0.2, 0) is 6.18 Å². The van der Waals surface area contributed by atoms with Crippen LogP contribution in [0.1, 0.15) is 21.5 Å². The summed E-state index contributed by atoms with van der Waals surface area (Å²) in [7, 11) is 0. The number of alkyl halides is 3. The third-order valence-corrected chi connectivity index (χ3v) is 1.82. The molecule has 0 aliphatic carbocycles. The highest BCUT2D eigenvalue weighted by atomic mass is 19.4. The van der Waals surface area contributed by atoms with E-state index in [2.05, 4.69) is 0 Å². The van der Waals surface area contributed by atoms with E-state index in [-0.39, 0.29) is 0 Å². The molecule has 0 aliphatic heterocycles. The number of nitrogens with two attached hydrogens (primary N) is 1. The zero-order valence-electron chi connectivity index (χ0n) is 7.60. The Hall–Kier alpha value is -2.10. The molecule has 0 aromatic heterocycles. The molecule has 7 heteroatoms. The summed E-state index contributed by atoms with van der Waals surface area (Å²) in [4.78, 5) is 10.8. The molecule has 0 bridgehead atoms. The van der Waals surface area contributed by atoms with Crippen LogP contribution in [0.4, 0.5) is 17.6 Å². The Morgan fingerprint density at radius 2 is 1.94 bits per heavy atom. The SMILES string of the molecule is N#Cc1c(F)ccc(C(F)(F)F)c1C(N)=O. The van der Waals surface area contributed by atoms with Crippen molar-refractivity contribution in [2.75, 3.05) is 0 Å². The molecule has 0 unspecified atom stereocenters. The number of primary amides is 1. The highest BCUT2D eigenvalue weighted by Crippen LogP contribution is 2.33. The van der Waals surface area contributed by atoms with Gasteiger partial charge in [0.15, 0.2) is 0 Å². The summed E-state index contributed by atoms with van der Waals surface area (Å²) in [5.74, 6) is -2.72. The van der Waals surface area contributed by atoms with E-state index >= 15 is 0 Å². The van der Waals surface area contributed by atoms with Crippen molar-refractivity contribution in [3.63, 3.8) is 0 Å². The van der Waals surface area contributed by atoms with Gasteiger partial charge in [0.2, 0.25) is 0 Å². The van der Waals surface area contributed by atoms with Crippen molar-refractivity contribution in [2.45, 2.75) is 6.18 Å². The molecule has 0 saturated heterocycles. The maximum Gasteiger partial charge on any atom is 0.417 e. The fourth-order valence-electron chi connectivity index (χ4n) is 1.18. The number of rotatable bonds is 1. The lowest BCUT2D eigenvalue weighted by atomic mass is 10.00. The van der Waals surface area contributed by atoms with Gasteiger partial charge in [0, 0.05) is 0 Å². The number of hydrogen-bond donors (Lipinski definition) is 1. The predicted molar refractivity (Wildman–Crippen MR) is 44.6 cm³/mol. The van der Waals surface area contributed by atoms with Crippen molar-refractivity contribution in [3.05, 3.63) is 34.6 Å². The van der Waals surface area contributed by atoms with E-state index in [0.717, 1.165) is 0 Å². The lowest BCUT2D eigenvalue weighted by Crippen LogP contribution is -2.21. The van der Waals surface area contributed by atoms with Crippen molar-refractivity contribution in [1.29, 1.82) is 5.26 Å². The van der Waals surface area contributed by atoms with Crippen LogP contribution in [0, 0.1) is 17.1 Å². The van der Waals surface area contributed by atoms with Gasteiger partial charge in [0.25, 0.3) is 5.91 Å². The van der Waals surface area contributed by atoms with Crippen LogP contribution in [0.3, 0.4) is 0 Å². The second-order valence-electron chi connectivity index (χ2n) is 2.82. The van der Waals surface area contributed by atoms with Gasteiger partial charge >= 0.3 is 6.18 Å². The van der Waals surface area contributed by atoms with Gasteiger partial charge in [-0.05, 0) is 12.1 Å². The molecule has 16 heavy (non-hydrogen) atoms. The molecule has 1 aromatic carbocycles. The van der Waals surface area contributed by atoms with Gasteiger partial charge in [-0.25, -0.2) is 4.39 Å². The first kappa shape index (κ1) is 12.0. The van der Waals surface area contributed by atoms with Crippen LogP contribution in [0.25, 0.3) is 0 Å². The lowest BCUT2D eigenvalue weighted by Gasteiger charge is -2.11. The number of benzene rings is 1. The van der Waals surface area contributed by atoms with Crippen molar-refractivity contribution in [2.24, 2.45) is 5.73 Å². The average molecular weight is 232 g/mol. The van der Waals surface area contributed by atoms with Crippen LogP contribution in [0.2, 0.25) is 0 Å². The number of nitrogens with zero attached hydrogens (tertiary/aromatic N) is 1. The largest absolute Gasteiger partial charge is 0.417 e. The normalized spacial score (nSPS) is 10.9. The molecule has 0 fully saturated rings. The highest BCUT2D eigenvalue weighted by molar-refractivity contribution is 5.97. The number of amides is 1. The van der Waals surface area contributed by atoms with Gasteiger partial charge in [-0.2, -0.15) is 18.4 Å². The van der Waals surface area contributed by atoms with Crippen molar-refractivity contribution >= 4 is 5.91 Å². The third kappa shape index (κ3) is 1.95. The minimum absolute atomic E-state index is 0.371. The summed E-state index contributed by atoms with van der Waals surface area (Å²) in [6.45, 7) is 0. The quantitative estimate of drug-likeness (QED) is 0.750. The van der Waals surface area contributed by atoms with Crippen molar-refractivity contribution < 1.29 is 22.4 Å². The highest BCUT2D eigenvalue weighted by Gasteiger charge is 2.36. The summed E-state index contributed by atoms with van der Waals surface area (Å²) < 4.78 is 50.2. The molecule has 1 aromatic rings. The molecule has 0 aliphatic rings. The molecule has 3 nitrogen and oxygen atoms in total. The van der Waals surface area contributed by atoms with Gasteiger partial charge < -0.3 is 5.73 Å². The Kier molecular flexibility index (Phi) is 2.85. The number of carbonyl (C=O) groups is 1. The Morgan fingerprint density at radius 3 is 2.31 bits per heavy atom. The topological polar surface area (TPSA) is 66.9 Å². The minimum Gasteiger partial charge on any atom is -0.366 e. The van der Waals surface area contributed by atoms with E-state index in [9.17, 15) is 22.4 Å². The number of hydrogen-bond acceptors (Lipinski definition) is 2. The molecule has 0 saturated carbocycles. The van der Waals surface area contributed by atoms with Gasteiger partial charge in [0.05, 0.1) is 11.1 Å². The third-order valence-electron chi connectivity index (χ3n) is 1.82. The molecule has 2 N–H and O–H groups in total. The van der Waals surface area contributed by atoms with Crippen LogP contribution in [0.15, 0.2) is 12.1 Å². The van der Waals surface area contributed by atoms with E-state index < -0.39 is 34.6 Å². The molecule has 0 atom stereocenters. The maximum atomic E-state index is 13.0. The molecular weight excluding hydrogens is 228 g/mol. The second kappa shape index (κ2) is 3.81. The number of nitriles is 1. The summed E-state index contributed by atoms with van der Waals surface area (Å²) >= 11 is 0. The van der Waals surface area contributed by atoms with E-state index in [1.54, 1.807) is 0 Å². The van der Waals surface area contributed by atoms with Crippen LogP contribution < -0.4 is 5.73 Å². The maximum absolute atomic E-state index is 13.0. The summed E-state index contributed by atoms with van der Waals surface area (Å²) in [5.41, 5.74) is 1.14. The standard InChI is InChI=1S/C9H4F4N2O/c10-6-2-1-5(9(11,12)13)7(8(15)16)4(6)3-14/h1-2H,(H2,15,16). The fourth-order valence-corrected chi connectivity index (χ4v) is 1.18. The van der Waals surface area contributed by atoms with Gasteiger partial charge in [-0.1, -0.05) is 0 Å². The van der Waals surface area contributed by atoms with E-state index in [0.29, 0.717) is 12.1 Å². The van der Waals surface area contributed by atoms with Crippen molar-refractivity contribution in [3.8, 4) is 6.07 Å². The van der Waals surface area contributed by atoms with Crippen LogP contribution in [-0.4, -0.2) is 5.91 Å². The van der Waals surface area contributed by atoms with Gasteiger partial charge in [-0.15, -0.1) is 0 Å². The Bertz CT molecular complexity index is 488. The lowest BCUT2D eigenvalue weighted by molar-refractivity contribution is -0.138. The van der Waals surface area contributed by atoms with E-state index in [1.807, 2.05) is 0 Å². The summed E-state index contributed by atoms with van der Waals surface area (Å²) in [5, 5.41) is 8.47. The molecule has 1 rings (SSSR count). The molecule has 0 radical (unpaired) electrons. The Morgan fingerprint density at radius 1 is 1.38 bits per heavy atom. The molecule has 1 amide bonds. The first-order valence-electron chi connectivity index (χ1n) is 3.88. The van der Waals surface area contributed by atoms with Gasteiger partial charge in [-0.3, -0.25) is 4.79 Å². The molecule has 0 heterocycles. The minimum atomic E-state index is -4.87. The smallest absolute Gasteiger partial charge is 0.366 e. The van der Waals surface area contributed by atoms with Crippen molar-refractivity contribution in [1.82, 2.24) is 0 Å². The molecular formula is C9H4F4N2O. The fraction of sp³-hybridized carbons (Fsp3) is 0.111. The average Bonchev–Trinajstić information content (AvgIpc) is 2.14. The Balaban J connectivity index is 3.67. The summed E-state index contributed by atoms with van der Waals surface area (Å²) in [6.07, 6.45) is -4.87.